The molecule has 0 radical (unpaired) electrons. The van der Waals surface area contributed by atoms with E-state index in [0.29, 0.717) is 10.8 Å². The highest BCUT2D eigenvalue weighted by molar-refractivity contribution is 7.86. The van der Waals surface area contributed by atoms with Gasteiger partial charge in [0.25, 0.3) is 20.2 Å². The van der Waals surface area contributed by atoms with E-state index in [1.165, 1.54) is 55.2 Å². The lowest BCUT2D eigenvalue weighted by atomic mass is 10.0. The van der Waals surface area contributed by atoms with Crippen molar-refractivity contribution in [2.24, 2.45) is 5.92 Å². The van der Waals surface area contributed by atoms with Crippen LogP contribution in [0.5, 0.6) is 5.75 Å². The summed E-state index contributed by atoms with van der Waals surface area (Å²) in [6.45, 7) is 2.46. The topological polar surface area (TPSA) is 162 Å². The van der Waals surface area contributed by atoms with Gasteiger partial charge >= 0.3 is 5.97 Å². The van der Waals surface area contributed by atoms with Crippen molar-refractivity contribution in [1.82, 2.24) is 9.55 Å². The molecule has 42 heavy (non-hydrogen) atoms. The van der Waals surface area contributed by atoms with E-state index in [2.05, 4.69) is 4.98 Å². The Bertz CT molecular complexity index is 1660. The number of rotatable bonds is 9. The first-order chi connectivity index (χ1) is 19.6. The molecule has 1 aromatic heterocycles. The molecule has 11 nitrogen and oxygen atoms in total. The zero-order valence-corrected chi connectivity index (χ0v) is 24.3. The van der Waals surface area contributed by atoms with Crippen LogP contribution < -0.4 is 4.74 Å². The summed E-state index contributed by atoms with van der Waals surface area (Å²) >= 11 is 5.83. The number of ether oxygens (including phenoxy) is 2. The third-order valence-electron chi connectivity index (χ3n) is 5.79. The predicted molar refractivity (Wildman–Crippen MR) is 148 cm³/mol. The molecule has 4 rings (SSSR count). The van der Waals surface area contributed by atoms with Gasteiger partial charge in [0.1, 0.15) is 15.5 Å². The molecule has 0 amide bonds. The Balaban J connectivity index is 0.000000240. The van der Waals surface area contributed by atoms with Gasteiger partial charge in [-0.3, -0.25) is 18.5 Å². The van der Waals surface area contributed by atoms with Gasteiger partial charge in [-0.2, -0.15) is 16.8 Å². The molecule has 16 heteroatoms. The Kier molecular flexibility index (Phi) is 10.6. The van der Waals surface area contributed by atoms with E-state index in [1.807, 2.05) is 0 Å². The molecule has 0 aliphatic carbocycles. The molecule has 0 fully saturated rings. The maximum absolute atomic E-state index is 13.2. The number of carbonyl (C=O) groups excluding carboxylic acids is 1. The fraction of sp³-hybridized carbons (Fsp3) is 0.231. The van der Waals surface area contributed by atoms with Crippen molar-refractivity contribution in [2.45, 2.75) is 42.4 Å². The Morgan fingerprint density at radius 2 is 1.45 bits per heavy atom. The van der Waals surface area contributed by atoms with Gasteiger partial charge in [0.05, 0.1) is 12.2 Å². The van der Waals surface area contributed by atoms with Crippen molar-refractivity contribution in [3.05, 3.63) is 84.4 Å². The minimum Gasteiger partial charge on any atom is -0.466 e. The maximum Gasteiger partial charge on any atom is 0.303 e. The molecule has 0 aliphatic heterocycles. The summed E-state index contributed by atoms with van der Waals surface area (Å²) < 4.78 is 102. The number of carbonyl (C=O) groups is 1. The van der Waals surface area contributed by atoms with Crippen molar-refractivity contribution in [3.63, 3.8) is 0 Å². The average molecular weight is 647 g/mol. The molecule has 0 saturated carbocycles. The zero-order valence-electron chi connectivity index (χ0n) is 21.9. The molecule has 0 spiro atoms. The van der Waals surface area contributed by atoms with Crippen LogP contribution in [0.25, 0.3) is 10.8 Å². The van der Waals surface area contributed by atoms with Gasteiger partial charge in [-0.25, -0.2) is 13.8 Å². The van der Waals surface area contributed by atoms with E-state index in [1.54, 1.807) is 30.5 Å². The summed E-state index contributed by atoms with van der Waals surface area (Å²) in [7, 11) is -8.94. The first-order valence-electron chi connectivity index (χ1n) is 11.9. The number of fused-ring (bicyclic) bond motifs is 1. The van der Waals surface area contributed by atoms with Gasteiger partial charge in [0.15, 0.2) is 6.10 Å². The molecule has 0 bridgehead atoms. The molecule has 3 unspecified atom stereocenters. The number of hydrogen-bond acceptors (Lipinski definition) is 8. The van der Waals surface area contributed by atoms with Crippen LogP contribution in [0.3, 0.4) is 0 Å². The molecule has 0 saturated heterocycles. The fourth-order valence-corrected chi connectivity index (χ4v) is 5.37. The number of alkyl halides is 2. The number of halogens is 3. The number of esters is 1. The fourth-order valence-electron chi connectivity index (χ4n) is 3.83. The highest BCUT2D eigenvalue weighted by Gasteiger charge is 2.37. The van der Waals surface area contributed by atoms with E-state index in [9.17, 15) is 30.4 Å². The van der Waals surface area contributed by atoms with Crippen molar-refractivity contribution < 1.29 is 49.0 Å². The number of benzene rings is 3. The SMILES string of the molecule is CC(=O)OC(C(C)C(F)F)C(Oc1ccc(Cl)cc1)n1ccnc1.O=S(=O)(O)c1cccc2c(S(=O)(=O)O)cccc12. The van der Waals surface area contributed by atoms with E-state index >= 15 is 0 Å². The van der Waals surface area contributed by atoms with Crippen LogP contribution in [-0.4, -0.2) is 54.0 Å². The highest BCUT2D eigenvalue weighted by Crippen LogP contribution is 2.30. The maximum atomic E-state index is 13.2. The first kappa shape index (κ1) is 32.9. The van der Waals surface area contributed by atoms with Gasteiger partial charge in [-0.05, 0) is 36.4 Å². The summed E-state index contributed by atoms with van der Waals surface area (Å²) in [6, 6.07) is 13.9. The summed E-state index contributed by atoms with van der Waals surface area (Å²) in [5.41, 5.74) is 0. The monoisotopic (exact) mass is 646 g/mol. The van der Waals surface area contributed by atoms with Crippen LogP contribution >= 0.6 is 11.6 Å². The zero-order chi connectivity index (χ0) is 31.2. The van der Waals surface area contributed by atoms with E-state index in [-0.39, 0.29) is 10.8 Å². The Morgan fingerprint density at radius 3 is 1.86 bits per heavy atom. The van der Waals surface area contributed by atoms with Crippen LogP contribution in [0.4, 0.5) is 8.78 Å². The van der Waals surface area contributed by atoms with Crippen LogP contribution in [0.15, 0.2) is 89.2 Å². The molecule has 0 aliphatic rings. The molecular formula is C26H25ClF2N2O9S2. The number of hydrogen-bond donors (Lipinski definition) is 2. The second-order valence-corrected chi connectivity index (χ2v) is 12.0. The Hall–Kier alpha value is -3.63. The molecule has 4 aromatic rings. The average Bonchev–Trinajstić information content (AvgIpc) is 3.44. The van der Waals surface area contributed by atoms with E-state index in [0.717, 1.165) is 12.1 Å². The lowest BCUT2D eigenvalue weighted by molar-refractivity contribution is -0.165. The van der Waals surface area contributed by atoms with E-state index in [4.69, 9.17) is 30.2 Å². The quantitative estimate of drug-likeness (QED) is 0.181. The molecule has 226 valence electrons. The van der Waals surface area contributed by atoms with Crippen molar-refractivity contribution >= 4 is 48.6 Å². The predicted octanol–water partition coefficient (Wildman–Crippen LogP) is 5.28. The second kappa shape index (κ2) is 13.6. The summed E-state index contributed by atoms with van der Waals surface area (Å²) in [5, 5.41) is 0.560. The highest BCUT2D eigenvalue weighted by atomic mass is 35.5. The van der Waals surface area contributed by atoms with Crippen LogP contribution in [-0.2, 0) is 29.8 Å². The van der Waals surface area contributed by atoms with Gasteiger partial charge in [0.2, 0.25) is 12.7 Å². The third-order valence-corrected chi connectivity index (χ3v) is 7.86. The molecule has 1 heterocycles. The standard InChI is InChI=1S/C16H17ClF2N2O3.C10H8O6S2/c1-10(15(18)19)14(23-11(2)22)16(21-8-7-20-9-21)24-13-5-3-12(17)4-6-13;11-17(12,13)9-5-1-3-7-8(9)4-2-6-10(7)18(14,15)16/h3-10,14-16H,1-2H3;1-6H,(H,11,12,13)(H,14,15,16). The molecule has 3 aromatic carbocycles. The third kappa shape index (κ3) is 8.45. The lowest BCUT2D eigenvalue weighted by Gasteiger charge is -2.31. The number of nitrogens with zero attached hydrogens (tertiary/aromatic N) is 2. The van der Waals surface area contributed by atoms with Gasteiger partial charge in [0, 0.05) is 35.1 Å². The first-order valence-corrected chi connectivity index (χ1v) is 15.2. The van der Waals surface area contributed by atoms with Crippen LogP contribution in [0.1, 0.15) is 20.1 Å². The lowest BCUT2D eigenvalue weighted by Crippen LogP contribution is -2.39. The molecule has 2 N–H and O–H groups in total. The second-order valence-electron chi connectivity index (χ2n) is 8.80. The normalized spacial score (nSPS) is 14.0. The molecule has 3 atom stereocenters. The minimum atomic E-state index is -4.47. The van der Waals surface area contributed by atoms with Crippen LogP contribution in [0.2, 0.25) is 5.02 Å². The number of aromatic nitrogens is 2. The number of imidazole rings is 1. The van der Waals surface area contributed by atoms with Gasteiger partial charge < -0.3 is 9.47 Å². The minimum absolute atomic E-state index is 0.0233. The summed E-state index contributed by atoms with van der Waals surface area (Å²) in [5.74, 6) is -1.51. The van der Waals surface area contributed by atoms with Crippen molar-refractivity contribution in [2.75, 3.05) is 0 Å². The van der Waals surface area contributed by atoms with Gasteiger partial charge in [-0.15, -0.1) is 0 Å². The smallest absolute Gasteiger partial charge is 0.303 e. The summed E-state index contributed by atoms with van der Waals surface area (Å²) in [6.07, 6.45) is -0.441. The van der Waals surface area contributed by atoms with Crippen molar-refractivity contribution in [1.29, 1.82) is 0 Å². The Labute approximate surface area is 245 Å². The van der Waals surface area contributed by atoms with Gasteiger partial charge in [-0.1, -0.05) is 42.8 Å². The Morgan fingerprint density at radius 1 is 0.929 bits per heavy atom. The van der Waals surface area contributed by atoms with Crippen molar-refractivity contribution in [3.8, 4) is 5.75 Å². The molecular weight excluding hydrogens is 622 g/mol. The largest absolute Gasteiger partial charge is 0.466 e. The van der Waals surface area contributed by atoms with E-state index < -0.39 is 60.7 Å². The summed E-state index contributed by atoms with van der Waals surface area (Å²) in [4.78, 5) is 14.5. The van der Waals surface area contributed by atoms with Crippen LogP contribution in [0, 0.1) is 5.92 Å².